The largest absolute Gasteiger partial charge is 0.308 e. The summed E-state index contributed by atoms with van der Waals surface area (Å²) in [4.78, 5) is 6.55. The fourth-order valence-corrected chi connectivity index (χ4v) is 4.79. The van der Waals surface area contributed by atoms with Crippen molar-refractivity contribution in [1.82, 2.24) is 10.3 Å². The lowest BCUT2D eigenvalue weighted by atomic mass is 9.98. The molecule has 1 heterocycles. The van der Waals surface area contributed by atoms with Crippen LogP contribution in [0.5, 0.6) is 0 Å². The Morgan fingerprint density at radius 2 is 2.00 bits per heavy atom. The van der Waals surface area contributed by atoms with E-state index >= 15 is 0 Å². The quantitative estimate of drug-likeness (QED) is 0.893. The van der Waals surface area contributed by atoms with E-state index in [0.717, 1.165) is 12.5 Å². The van der Waals surface area contributed by atoms with Crippen molar-refractivity contribution in [2.24, 2.45) is 5.92 Å². The van der Waals surface area contributed by atoms with Crippen molar-refractivity contribution in [3.05, 3.63) is 15.6 Å². The Morgan fingerprint density at radius 1 is 1.22 bits per heavy atom. The molecule has 2 aliphatic rings. The van der Waals surface area contributed by atoms with Gasteiger partial charge in [-0.2, -0.15) is 0 Å². The van der Waals surface area contributed by atoms with E-state index in [1.54, 1.807) is 4.88 Å². The zero-order valence-corrected chi connectivity index (χ0v) is 12.2. The van der Waals surface area contributed by atoms with Crippen LogP contribution in [0, 0.1) is 5.92 Å². The van der Waals surface area contributed by atoms with Gasteiger partial charge in [0.1, 0.15) is 5.01 Å². The van der Waals surface area contributed by atoms with Gasteiger partial charge in [0, 0.05) is 4.88 Å². The lowest BCUT2D eigenvalue weighted by molar-refractivity contribution is 0.373. The van der Waals surface area contributed by atoms with E-state index in [2.05, 4.69) is 12.2 Å². The third-order valence-electron chi connectivity index (χ3n) is 4.42. The highest BCUT2D eigenvalue weighted by atomic mass is 32.1. The summed E-state index contributed by atoms with van der Waals surface area (Å²) >= 11 is 2.00. The number of nitrogens with one attached hydrogen (secondary N) is 1. The van der Waals surface area contributed by atoms with Gasteiger partial charge >= 0.3 is 0 Å². The predicted octanol–water partition coefficient (Wildman–Crippen LogP) is 3.86. The van der Waals surface area contributed by atoms with Crippen molar-refractivity contribution >= 4 is 11.3 Å². The SMILES string of the molecule is CCNC(c1nc2c(s1)CCCC2)C1CCCC1. The van der Waals surface area contributed by atoms with Crippen LogP contribution < -0.4 is 5.32 Å². The molecular weight excluding hydrogens is 240 g/mol. The molecule has 1 unspecified atom stereocenters. The Morgan fingerprint density at radius 3 is 2.72 bits per heavy atom. The van der Waals surface area contributed by atoms with Gasteiger partial charge in [-0.3, -0.25) is 0 Å². The zero-order chi connectivity index (χ0) is 12.4. The second-order valence-electron chi connectivity index (χ2n) is 5.71. The maximum absolute atomic E-state index is 4.97. The van der Waals surface area contributed by atoms with Crippen LogP contribution in [0.15, 0.2) is 0 Å². The first-order valence-electron chi connectivity index (χ1n) is 7.60. The second-order valence-corrected chi connectivity index (χ2v) is 6.82. The molecule has 0 aliphatic heterocycles. The van der Waals surface area contributed by atoms with E-state index in [1.165, 1.54) is 62.1 Å². The average molecular weight is 264 g/mol. The molecule has 1 N–H and O–H groups in total. The molecule has 0 spiro atoms. The highest BCUT2D eigenvalue weighted by molar-refractivity contribution is 7.11. The minimum atomic E-state index is 0.535. The molecule has 18 heavy (non-hydrogen) atoms. The van der Waals surface area contributed by atoms with Crippen LogP contribution in [0.2, 0.25) is 0 Å². The van der Waals surface area contributed by atoms with Gasteiger partial charge in [-0.25, -0.2) is 4.98 Å². The van der Waals surface area contributed by atoms with Crippen LogP contribution in [0.1, 0.15) is 67.1 Å². The van der Waals surface area contributed by atoms with Crippen LogP contribution in [0.25, 0.3) is 0 Å². The highest BCUT2D eigenvalue weighted by Crippen LogP contribution is 2.39. The van der Waals surface area contributed by atoms with Gasteiger partial charge in [-0.15, -0.1) is 11.3 Å². The van der Waals surface area contributed by atoms with E-state index < -0.39 is 0 Å². The van der Waals surface area contributed by atoms with Crippen LogP contribution in [0.3, 0.4) is 0 Å². The number of hydrogen-bond acceptors (Lipinski definition) is 3. The molecule has 100 valence electrons. The molecule has 2 nitrogen and oxygen atoms in total. The van der Waals surface area contributed by atoms with Crippen molar-refractivity contribution in [1.29, 1.82) is 0 Å². The predicted molar refractivity (Wildman–Crippen MR) is 77.1 cm³/mol. The molecule has 1 atom stereocenters. The monoisotopic (exact) mass is 264 g/mol. The molecule has 0 amide bonds. The third kappa shape index (κ3) is 2.48. The smallest absolute Gasteiger partial charge is 0.110 e. The van der Waals surface area contributed by atoms with Crippen molar-refractivity contribution in [2.75, 3.05) is 6.54 Å². The zero-order valence-electron chi connectivity index (χ0n) is 11.4. The summed E-state index contributed by atoms with van der Waals surface area (Å²) in [7, 11) is 0. The first-order valence-corrected chi connectivity index (χ1v) is 8.42. The molecular formula is C15H24N2S. The van der Waals surface area contributed by atoms with Crippen LogP contribution >= 0.6 is 11.3 Å². The van der Waals surface area contributed by atoms with Crippen LogP contribution in [-0.2, 0) is 12.8 Å². The number of aryl methyl sites for hydroxylation is 2. The van der Waals surface area contributed by atoms with Gasteiger partial charge in [0.2, 0.25) is 0 Å². The van der Waals surface area contributed by atoms with Gasteiger partial charge in [0.15, 0.2) is 0 Å². The van der Waals surface area contributed by atoms with E-state index in [1.807, 2.05) is 11.3 Å². The number of thiazole rings is 1. The average Bonchev–Trinajstić information content (AvgIpc) is 3.04. The van der Waals surface area contributed by atoms with Crippen molar-refractivity contribution in [3.63, 3.8) is 0 Å². The molecule has 1 aromatic heterocycles. The molecule has 0 radical (unpaired) electrons. The summed E-state index contributed by atoms with van der Waals surface area (Å²) in [5.41, 5.74) is 1.42. The first-order chi connectivity index (χ1) is 8.88. The molecule has 1 saturated carbocycles. The lowest BCUT2D eigenvalue weighted by Crippen LogP contribution is -2.26. The van der Waals surface area contributed by atoms with Gasteiger partial charge in [0.25, 0.3) is 0 Å². The van der Waals surface area contributed by atoms with Crippen molar-refractivity contribution in [2.45, 2.75) is 64.3 Å². The summed E-state index contributed by atoms with van der Waals surface area (Å²) in [6, 6.07) is 0.535. The molecule has 0 aromatic carbocycles. The number of hydrogen-bond donors (Lipinski definition) is 1. The third-order valence-corrected chi connectivity index (χ3v) is 5.66. The number of fused-ring (bicyclic) bond motifs is 1. The maximum atomic E-state index is 4.97. The molecule has 1 fully saturated rings. The van der Waals surface area contributed by atoms with Crippen molar-refractivity contribution in [3.8, 4) is 0 Å². The van der Waals surface area contributed by atoms with Crippen molar-refractivity contribution < 1.29 is 0 Å². The normalized spacial score (nSPS) is 22.1. The minimum absolute atomic E-state index is 0.535. The fraction of sp³-hybridized carbons (Fsp3) is 0.800. The molecule has 3 rings (SSSR count). The van der Waals surface area contributed by atoms with Gasteiger partial charge in [0.05, 0.1) is 11.7 Å². The highest BCUT2D eigenvalue weighted by Gasteiger charge is 2.29. The maximum Gasteiger partial charge on any atom is 0.110 e. The standard InChI is InChI=1S/C15H24N2S/c1-2-16-14(11-7-3-4-8-11)15-17-12-9-5-6-10-13(12)18-15/h11,14,16H,2-10H2,1H3. The van der Waals surface area contributed by atoms with Crippen LogP contribution in [0.4, 0.5) is 0 Å². The second kappa shape index (κ2) is 5.70. The molecule has 2 aliphatic carbocycles. The minimum Gasteiger partial charge on any atom is -0.308 e. The number of rotatable bonds is 4. The number of nitrogens with zero attached hydrogens (tertiary/aromatic N) is 1. The molecule has 0 saturated heterocycles. The summed E-state index contributed by atoms with van der Waals surface area (Å²) in [5, 5.41) is 5.08. The Hall–Kier alpha value is -0.410. The molecule has 0 bridgehead atoms. The van der Waals surface area contributed by atoms with E-state index in [0.29, 0.717) is 6.04 Å². The fourth-order valence-electron chi connectivity index (χ4n) is 3.47. The summed E-state index contributed by atoms with van der Waals surface area (Å²) in [6.07, 6.45) is 10.8. The summed E-state index contributed by atoms with van der Waals surface area (Å²) in [5.74, 6) is 0.831. The summed E-state index contributed by atoms with van der Waals surface area (Å²) < 4.78 is 0. The van der Waals surface area contributed by atoms with Gasteiger partial charge in [-0.05, 0) is 51.0 Å². The first kappa shape index (κ1) is 12.6. The van der Waals surface area contributed by atoms with E-state index in [9.17, 15) is 0 Å². The van der Waals surface area contributed by atoms with Gasteiger partial charge in [-0.1, -0.05) is 19.8 Å². The summed E-state index contributed by atoms with van der Waals surface area (Å²) in [6.45, 7) is 3.28. The van der Waals surface area contributed by atoms with Gasteiger partial charge < -0.3 is 5.32 Å². The van der Waals surface area contributed by atoms with E-state index in [-0.39, 0.29) is 0 Å². The molecule has 1 aromatic rings. The van der Waals surface area contributed by atoms with E-state index in [4.69, 9.17) is 4.98 Å². The van der Waals surface area contributed by atoms with Crippen LogP contribution in [-0.4, -0.2) is 11.5 Å². The Bertz CT molecular complexity index is 370. The Balaban J connectivity index is 1.82. The lowest BCUT2D eigenvalue weighted by Gasteiger charge is -2.22. The Labute approximate surface area is 114 Å². The number of aromatic nitrogens is 1. The molecule has 3 heteroatoms. The Kier molecular flexibility index (Phi) is 4.00. The topological polar surface area (TPSA) is 24.9 Å².